The van der Waals surface area contributed by atoms with Crippen molar-refractivity contribution in [2.24, 2.45) is 0 Å². The summed E-state index contributed by atoms with van der Waals surface area (Å²) in [6, 6.07) is 9.35. The van der Waals surface area contributed by atoms with Gasteiger partial charge in [0.05, 0.1) is 30.1 Å². The molecule has 0 bridgehead atoms. The van der Waals surface area contributed by atoms with E-state index in [1.54, 1.807) is 32.2 Å². The number of ketones is 1. The number of alkyl halides is 3. The van der Waals surface area contributed by atoms with E-state index < -0.39 is 11.7 Å². The zero-order chi connectivity index (χ0) is 20.3. The molecular formula is C20H16F3N3O2. The van der Waals surface area contributed by atoms with E-state index in [1.165, 1.54) is 23.0 Å². The summed E-state index contributed by atoms with van der Waals surface area (Å²) in [5.74, 6) is 0.590. The predicted octanol–water partition coefficient (Wildman–Crippen LogP) is 4.50. The lowest BCUT2D eigenvalue weighted by Gasteiger charge is -2.08. The highest BCUT2D eigenvalue weighted by atomic mass is 19.4. The van der Waals surface area contributed by atoms with E-state index in [9.17, 15) is 18.0 Å². The molecular weight excluding hydrogens is 371 g/mol. The van der Waals surface area contributed by atoms with Crippen molar-refractivity contribution in [3.63, 3.8) is 0 Å². The second-order valence-electron chi connectivity index (χ2n) is 5.93. The largest absolute Gasteiger partial charge is 0.497 e. The maximum absolute atomic E-state index is 12.7. The molecule has 0 atom stereocenters. The average molecular weight is 387 g/mol. The van der Waals surface area contributed by atoms with Gasteiger partial charge in [0.2, 0.25) is 0 Å². The summed E-state index contributed by atoms with van der Waals surface area (Å²) in [6.45, 7) is 1.65. The molecule has 28 heavy (non-hydrogen) atoms. The molecule has 2 heterocycles. The Kier molecular flexibility index (Phi) is 5.30. The van der Waals surface area contributed by atoms with E-state index in [1.807, 2.05) is 12.1 Å². The van der Waals surface area contributed by atoms with Crippen molar-refractivity contribution in [2.75, 3.05) is 7.11 Å². The van der Waals surface area contributed by atoms with E-state index in [0.717, 1.165) is 17.8 Å². The van der Waals surface area contributed by atoms with Crippen LogP contribution in [0.15, 0.2) is 54.9 Å². The van der Waals surface area contributed by atoms with Crippen LogP contribution in [0.3, 0.4) is 0 Å². The van der Waals surface area contributed by atoms with Crippen LogP contribution < -0.4 is 4.74 Å². The number of aromatic nitrogens is 3. The standard InChI is InChI=1S/C20H16F3N3O2/c1-13-17(18(27)8-6-14-4-3-5-16(10-14)28-2)12-25-26(13)19-9-7-15(11-24-19)20(21,22)23/h3-12H,1-2H3. The number of hydrogen-bond donors (Lipinski definition) is 0. The molecule has 0 amide bonds. The van der Waals surface area contributed by atoms with Crippen LogP contribution in [0, 0.1) is 6.92 Å². The van der Waals surface area contributed by atoms with Gasteiger partial charge in [0.25, 0.3) is 0 Å². The van der Waals surface area contributed by atoms with Crippen LogP contribution in [0.5, 0.6) is 5.75 Å². The predicted molar refractivity (Wildman–Crippen MR) is 97.5 cm³/mol. The average Bonchev–Trinajstić information content (AvgIpc) is 3.07. The summed E-state index contributed by atoms with van der Waals surface area (Å²) in [7, 11) is 1.56. The molecule has 0 radical (unpaired) electrons. The summed E-state index contributed by atoms with van der Waals surface area (Å²) in [4.78, 5) is 16.3. The monoisotopic (exact) mass is 387 g/mol. The van der Waals surface area contributed by atoms with Crippen LogP contribution in [-0.4, -0.2) is 27.7 Å². The molecule has 0 saturated carbocycles. The van der Waals surface area contributed by atoms with Crippen LogP contribution in [0.4, 0.5) is 13.2 Å². The Balaban J connectivity index is 1.82. The first-order chi connectivity index (χ1) is 13.3. The Morgan fingerprint density at radius 2 is 1.96 bits per heavy atom. The molecule has 0 unspecified atom stereocenters. The molecule has 3 aromatic rings. The van der Waals surface area contributed by atoms with Crippen molar-refractivity contribution in [1.82, 2.24) is 14.8 Å². The Bertz CT molecular complexity index is 1020. The smallest absolute Gasteiger partial charge is 0.417 e. The van der Waals surface area contributed by atoms with Gasteiger partial charge in [0, 0.05) is 6.20 Å². The van der Waals surface area contributed by atoms with Crippen LogP contribution in [0.25, 0.3) is 11.9 Å². The number of carbonyl (C=O) groups is 1. The molecule has 0 N–H and O–H groups in total. The van der Waals surface area contributed by atoms with Gasteiger partial charge in [-0.05, 0) is 42.8 Å². The molecule has 8 heteroatoms. The van der Waals surface area contributed by atoms with Crippen molar-refractivity contribution in [3.8, 4) is 11.6 Å². The van der Waals surface area contributed by atoms with Crippen molar-refractivity contribution >= 4 is 11.9 Å². The molecule has 2 aromatic heterocycles. The summed E-state index contributed by atoms with van der Waals surface area (Å²) >= 11 is 0. The zero-order valence-electron chi connectivity index (χ0n) is 15.1. The van der Waals surface area contributed by atoms with Crippen molar-refractivity contribution < 1.29 is 22.7 Å². The maximum Gasteiger partial charge on any atom is 0.417 e. The summed E-state index contributed by atoms with van der Waals surface area (Å²) < 4.78 is 44.4. The van der Waals surface area contributed by atoms with Crippen LogP contribution in [-0.2, 0) is 6.18 Å². The molecule has 3 rings (SSSR count). The highest BCUT2D eigenvalue weighted by molar-refractivity contribution is 6.07. The Morgan fingerprint density at radius 1 is 1.18 bits per heavy atom. The molecule has 144 valence electrons. The minimum Gasteiger partial charge on any atom is -0.497 e. The van der Waals surface area contributed by atoms with E-state index in [0.29, 0.717) is 17.0 Å². The first-order valence-corrected chi connectivity index (χ1v) is 8.24. The molecule has 0 aliphatic heterocycles. The second kappa shape index (κ2) is 7.67. The third-order valence-corrected chi connectivity index (χ3v) is 4.09. The van der Waals surface area contributed by atoms with Crippen LogP contribution in [0.2, 0.25) is 0 Å². The van der Waals surface area contributed by atoms with E-state index in [-0.39, 0.29) is 11.6 Å². The van der Waals surface area contributed by atoms with Crippen molar-refractivity contribution in [1.29, 1.82) is 0 Å². The van der Waals surface area contributed by atoms with E-state index in [4.69, 9.17) is 4.74 Å². The van der Waals surface area contributed by atoms with Crippen LogP contribution in [0.1, 0.15) is 27.2 Å². The number of rotatable bonds is 5. The van der Waals surface area contributed by atoms with Crippen molar-refractivity contribution in [3.05, 3.63) is 77.3 Å². The molecule has 0 aliphatic rings. The van der Waals surface area contributed by atoms with Crippen molar-refractivity contribution in [2.45, 2.75) is 13.1 Å². The number of methoxy groups -OCH3 is 1. The number of ether oxygens (including phenoxy) is 1. The number of halogens is 3. The SMILES string of the molecule is COc1cccc(C=CC(=O)c2cnn(-c3ccc(C(F)(F)F)cn3)c2C)c1. The summed E-state index contributed by atoms with van der Waals surface area (Å²) in [5.41, 5.74) is 0.758. The minimum absolute atomic E-state index is 0.196. The van der Waals surface area contributed by atoms with Gasteiger partial charge in [-0.25, -0.2) is 9.67 Å². The summed E-state index contributed by atoms with van der Waals surface area (Å²) in [5, 5.41) is 4.08. The van der Waals surface area contributed by atoms with Crippen LogP contribution >= 0.6 is 0 Å². The number of nitrogens with zero attached hydrogens (tertiary/aromatic N) is 3. The Hall–Kier alpha value is -3.42. The van der Waals surface area contributed by atoms with Gasteiger partial charge >= 0.3 is 6.18 Å². The summed E-state index contributed by atoms with van der Waals surface area (Å²) in [6.07, 6.45) is 0.700. The lowest BCUT2D eigenvalue weighted by molar-refractivity contribution is -0.137. The van der Waals surface area contributed by atoms with Gasteiger partial charge < -0.3 is 4.74 Å². The lowest BCUT2D eigenvalue weighted by Crippen LogP contribution is -2.08. The van der Waals surface area contributed by atoms with Gasteiger partial charge in [0.15, 0.2) is 11.6 Å². The van der Waals surface area contributed by atoms with Gasteiger partial charge in [-0.2, -0.15) is 18.3 Å². The highest BCUT2D eigenvalue weighted by Crippen LogP contribution is 2.28. The zero-order valence-corrected chi connectivity index (χ0v) is 15.1. The number of allylic oxidation sites excluding steroid dienone is 1. The molecule has 0 aliphatic carbocycles. The van der Waals surface area contributed by atoms with Gasteiger partial charge in [-0.1, -0.05) is 18.2 Å². The lowest BCUT2D eigenvalue weighted by atomic mass is 10.1. The first-order valence-electron chi connectivity index (χ1n) is 8.24. The number of benzene rings is 1. The third-order valence-electron chi connectivity index (χ3n) is 4.09. The molecule has 5 nitrogen and oxygen atoms in total. The number of hydrogen-bond acceptors (Lipinski definition) is 4. The fourth-order valence-corrected chi connectivity index (χ4v) is 2.57. The number of pyridine rings is 1. The van der Waals surface area contributed by atoms with Gasteiger partial charge in [-0.15, -0.1) is 0 Å². The van der Waals surface area contributed by atoms with Gasteiger partial charge in [0.1, 0.15) is 5.75 Å². The first kappa shape index (κ1) is 19.3. The number of carbonyl (C=O) groups excluding carboxylic acids is 1. The Morgan fingerprint density at radius 3 is 2.61 bits per heavy atom. The van der Waals surface area contributed by atoms with E-state index >= 15 is 0 Å². The maximum atomic E-state index is 12.7. The molecule has 0 spiro atoms. The molecule has 0 saturated heterocycles. The highest BCUT2D eigenvalue weighted by Gasteiger charge is 2.30. The fourth-order valence-electron chi connectivity index (χ4n) is 2.57. The van der Waals surface area contributed by atoms with E-state index in [2.05, 4.69) is 10.1 Å². The minimum atomic E-state index is -4.46. The normalized spacial score (nSPS) is 11.8. The quantitative estimate of drug-likeness (QED) is 0.478. The third kappa shape index (κ3) is 4.11. The van der Waals surface area contributed by atoms with Gasteiger partial charge in [-0.3, -0.25) is 4.79 Å². The second-order valence-corrected chi connectivity index (χ2v) is 5.93. The Labute approximate surface area is 159 Å². The molecule has 1 aromatic carbocycles. The topological polar surface area (TPSA) is 57.0 Å². The molecule has 0 fully saturated rings. The fraction of sp³-hybridized carbons (Fsp3) is 0.150.